The number of rotatable bonds is 6. The Morgan fingerprint density at radius 1 is 1.35 bits per heavy atom. The summed E-state index contributed by atoms with van der Waals surface area (Å²) in [5.74, 6) is 0.111. The molecule has 0 saturated carbocycles. The molecule has 0 saturated heterocycles. The van der Waals surface area contributed by atoms with Crippen molar-refractivity contribution in [3.8, 4) is 5.75 Å². The van der Waals surface area contributed by atoms with Crippen molar-refractivity contribution in [3.05, 3.63) is 28.5 Å². The summed E-state index contributed by atoms with van der Waals surface area (Å²) in [7, 11) is 1.63. The maximum Gasteiger partial charge on any atom is 0.232 e. The van der Waals surface area contributed by atoms with Crippen LogP contribution in [0.3, 0.4) is 0 Å². The van der Waals surface area contributed by atoms with E-state index in [0.717, 1.165) is 0 Å². The van der Waals surface area contributed by atoms with Crippen LogP contribution in [0.5, 0.6) is 5.75 Å². The molecule has 0 aliphatic heterocycles. The van der Waals surface area contributed by atoms with E-state index in [0.29, 0.717) is 29.7 Å². The van der Waals surface area contributed by atoms with Gasteiger partial charge in [-0.1, -0.05) is 0 Å². The topological polar surface area (TPSA) is 43.4 Å². The fourth-order valence-electron chi connectivity index (χ4n) is 1.15. The molecular weight excluding hydrogens is 335 g/mol. The molecule has 0 atom stereocenters. The van der Waals surface area contributed by atoms with Crippen LogP contribution in [0, 0.1) is 5.82 Å². The highest BCUT2D eigenvalue weighted by atomic mass is 79.9. The van der Waals surface area contributed by atoms with Crippen LogP contribution in [0.4, 0.5) is 4.39 Å². The Kier molecular flexibility index (Phi) is 5.69. The summed E-state index contributed by atoms with van der Waals surface area (Å²) in [6.45, 7) is 0.358. The van der Waals surface area contributed by atoms with Crippen LogP contribution >= 0.6 is 26.6 Å². The smallest absolute Gasteiger partial charge is 0.232 e. The number of hydrogen-bond acceptors (Lipinski definition) is 3. The third-order valence-corrected chi connectivity index (χ3v) is 3.79. The lowest BCUT2D eigenvalue weighted by molar-refractivity contribution is 0.307. The van der Waals surface area contributed by atoms with Crippen LogP contribution in [0.15, 0.2) is 22.7 Å². The molecule has 17 heavy (non-hydrogen) atoms. The normalized spacial score (nSPS) is 11.5. The minimum absolute atomic E-state index is 0.0670. The SMILES string of the molecule is O=S(=O)(Cl)CCCCOc1ccc(F)cc1Br. The van der Waals surface area contributed by atoms with Gasteiger partial charge in [0.05, 0.1) is 16.8 Å². The molecule has 0 amide bonds. The van der Waals surface area contributed by atoms with Crippen LogP contribution in [0.25, 0.3) is 0 Å². The second kappa shape index (κ2) is 6.56. The maximum absolute atomic E-state index is 12.8. The molecule has 0 fully saturated rings. The highest BCUT2D eigenvalue weighted by molar-refractivity contribution is 9.10. The molecule has 0 unspecified atom stereocenters. The number of halogens is 3. The fraction of sp³-hybridized carbons (Fsp3) is 0.400. The molecule has 0 radical (unpaired) electrons. The zero-order chi connectivity index (χ0) is 12.9. The number of ether oxygens (including phenoxy) is 1. The van der Waals surface area contributed by atoms with Crippen molar-refractivity contribution in [2.24, 2.45) is 0 Å². The van der Waals surface area contributed by atoms with E-state index in [1.807, 2.05) is 0 Å². The summed E-state index contributed by atoms with van der Waals surface area (Å²) in [6, 6.07) is 4.11. The van der Waals surface area contributed by atoms with Crippen molar-refractivity contribution in [2.75, 3.05) is 12.4 Å². The number of hydrogen-bond donors (Lipinski definition) is 0. The molecule has 96 valence electrons. The largest absolute Gasteiger partial charge is 0.492 e. The first kappa shape index (κ1) is 14.7. The van der Waals surface area contributed by atoms with Gasteiger partial charge in [-0.05, 0) is 47.0 Å². The van der Waals surface area contributed by atoms with E-state index in [9.17, 15) is 12.8 Å². The summed E-state index contributed by atoms with van der Waals surface area (Å²) < 4.78 is 39.9. The van der Waals surface area contributed by atoms with E-state index in [4.69, 9.17) is 15.4 Å². The molecule has 0 aromatic heterocycles. The van der Waals surface area contributed by atoms with Gasteiger partial charge in [-0.15, -0.1) is 0 Å². The zero-order valence-electron chi connectivity index (χ0n) is 8.83. The standard InChI is InChI=1S/C10H11BrClFO3S/c11-9-7-8(13)3-4-10(9)16-5-1-2-6-17(12,14)15/h3-4,7H,1-2,5-6H2. The van der Waals surface area contributed by atoms with Crippen molar-refractivity contribution < 1.29 is 17.5 Å². The fourth-order valence-corrected chi connectivity index (χ4v) is 2.49. The monoisotopic (exact) mass is 344 g/mol. The van der Waals surface area contributed by atoms with Crippen molar-refractivity contribution >= 4 is 35.7 Å². The van der Waals surface area contributed by atoms with E-state index in [2.05, 4.69) is 15.9 Å². The number of benzene rings is 1. The van der Waals surface area contributed by atoms with Gasteiger partial charge in [0.15, 0.2) is 0 Å². The van der Waals surface area contributed by atoms with Gasteiger partial charge in [0, 0.05) is 10.7 Å². The van der Waals surface area contributed by atoms with Gasteiger partial charge in [0.2, 0.25) is 9.05 Å². The Labute approximate surface area is 112 Å². The lowest BCUT2D eigenvalue weighted by atomic mass is 10.3. The quantitative estimate of drug-likeness (QED) is 0.587. The van der Waals surface area contributed by atoms with E-state index in [-0.39, 0.29) is 11.6 Å². The second-order valence-electron chi connectivity index (χ2n) is 3.37. The minimum atomic E-state index is -3.43. The van der Waals surface area contributed by atoms with Gasteiger partial charge >= 0.3 is 0 Å². The van der Waals surface area contributed by atoms with Crippen LogP contribution in [-0.4, -0.2) is 20.8 Å². The molecule has 1 rings (SSSR count). The van der Waals surface area contributed by atoms with E-state index >= 15 is 0 Å². The molecule has 0 aliphatic rings. The third kappa shape index (κ3) is 6.24. The van der Waals surface area contributed by atoms with Gasteiger partial charge in [0.1, 0.15) is 11.6 Å². The predicted molar refractivity (Wildman–Crippen MR) is 68.5 cm³/mol. The van der Waals surface area contributed by atoms with Crippen molar-refractivity contribution in [1.82, 2.24) is 0 Å². The Bertz CT molecular complexity index is 478. The summed E-state index contributed by atoms with van der Waals surface area (Å²) in [5.41, 5.74) is 0. The van der Waals surface area contributed by atoms with Crippen LogP contribution < -0.4 is 4.74 Å². The van der Waals surface area contributed by atoms with E-state index < -0.39 is 9.05 Å². The van der Waals surface area contributed by atoms with Crippen LogP contribution in [0.1, 0.15) is 12.8 Å². The summed E-state index contributed by atoms with van der Waals surface area (Å²) in [6.07, 6.45) is 1.00. The zero-order valence-corrected chi connectivity index (χ0v) is 12.0. The van der Waals surface area contributed by atoms with Crippen LogP contribution in [-0.2, 0) is 9.05 Å². The molecule has 0 aliphatic carbocycles. The van der Waals surface area contributed by atoms with Crippen molar-refractivity contribution in [1.29, 1.82) is 0 Å². The first-order valence-electron chi connectivity index (χ1n) is 4.89. The first-order chi connectivity index (χ1) is 7.88. The molecular formula is C10H11BrClFO3S. The van der Waals surface area contributed by atoms with Crippen molar-refractivity contribution in [2.45, 2.75) is 12.8 Å². The highest BCUT2D eigenvalue weighted by Crippen LogP contribution is 2.25. The molecule has 1 aromatic carbocycles. The lowest BCUT2D eigenvalue weighted by Gasteiger charge is -2.07. The Morgan fingerprint density at radius 3 is 2.65 bits per heavy atom. The van der Waals surface area contributed by atoms with Crippen molar-refractivity contribution in [3.63, 3.8) is 0 Å². The Hall–Kier alpha value is -0.330. The molecule has 0 bridgehead atoms. The summed E-state index contributed by atoms with van der Waals surface area (Å²) >= 11 is 3.17. The van der Waals surface area contributed by atoms with Gasteiger partial charge in [0.25, 0.3) is 0 Å². The van der Waals surface area contributed by atoms with E-state index in [1.54, 1.807) is 0 Å². The molecule has 0 N–H and O–H groups in total. The first-order valence-corrected chi connectivity index (χ1v) is 8.16. The van der Waals surface area contributed by atoms with Gasteiger partial charge in [-0.25, -0.2) is 12.8 Å². The average molecular weight is 346 g/mol. The molecule has 3 nitrogen and oxygen atoms in total. The predicted octanol–water partition coefficient (Wildman–Crippen LogP) is 3.32. The Balaban J connectivity index is 2.32. The average Bonchev–Trinajstić information content (AvgIpc) is 2.18. The summed E-state index contributed by atoms with van der Waals surface area (Å²) in [4.78, 5) is 0. The molecule has 7 heteroatoms. The summed E-state index contributed by atoms with van der Waals surface area (Å²) in [5, 5.41) is 0. The lowest BCUT2D eigenvalue weighted by Crippen LogP contribution is -2.02. The third-order valence-electron chi connectivity index (χ3n) is 1.93. The van der Waals surface area contributed by atoms with Gasteiger partial charge < -0.3 is 4.74 Å². The maximum atomic E-state index is 12.8. The van der Waals surface area contributed by atoms with Gasteiger partial charge in [-0.2, -0.15) is 0 Å². The van der Waals surface area contributed by atoms with E-state index in [1.165, 1.54) is 18.2 Å². The number of unbranched alkanes of at least 4 members (excludes halogenated alkanes) is 1. The minimum Gasteiger partial charge on any atom is -0.492 e. The molecule has 0 spiro atoms. The Morgan fingerprint density at radius 2 is 2.06 bits per heavy atom. The highest BCUT2D eigenvalue weighted by Gasteiger charge is 2.05. The molecule has 1 aromatic rings. The van der Waals surface area contributed by atoms with Gasteiger partial charge in [-0.3, -0.25) is 0 Å². The second-order valence-corrected chi connectivity index (χ2v) is 7.12. The van der Waals surface area contributed by atoms with Crippen LogP contribution in [0.2, 0.25) is 0 Å². The molecule has 0 heterocycles.